The lowest BCUT2D eigenvalue weighted by atomic mass is 9.95. The fourth-order valence-electron chi connectivity index (χ4n) is 3.28. The molecule has 0 saturated heterocycles. The zero-order valence-corrected chi connectivity index (χ0v) is 19.8. The number of carbonyl (C=O) groups is 2. The summed E-state index contributed by atoms with van der Waals surface area (Å²) in [6, 6.07) is 19.6. The van der Waals surface area contributed by atoms with Crippen molar-refractivity contribution in [3.05, 3.63) is 89.5 Å². The molecule has 34 heavy (non-hydrogen) atoms. The van der Waals surface area contributed by atoms with E-state index >= 15 is 0 Å². The fraction of sp³-hybridized carbons (Fsp3) is 0.200. The van der Waals surface area contributed by atoms with Gasteiger partial charge in [-0.05, 0) is 54.4 Å². The summed E-state index contributed by atoms with van der Waals surface area (Å²) < 4.78 is 33.4. The number of hydrogen-bond acceptors (Lipinski definition) is 5. The molecule has 174 valence electrons. The van der Waals surface area contributed by atoms with Gasteiger partial charge in [0.1, 0.15) is 7.85 Å². The lowest BCUT2D eigenvalue weighted by Gasteiger charge is -2.23. The minimum atomic E-state index is -3.89. The van der Waals surface area contributed by atoms with E-state index in [1.54, 1.807) is 67.6 Å². The number of carbonyl (C=O) groups excluding carboxylic acids is 2. The van der Waals surface area contributed by atoms with E-state index in [4.69, 9.17) is 12.6 Å². The third-order valence-electron chi connectivity index (χ3n) is 4.98. The average Bonchev–Trinajstić information content (AvgIpc) is 2.80. The van der Waals surface area contributed by atoms with Crippen LogP contribution in [0.2, 0.25) is 0 Å². The molecule has 0 saturated carbocycles. The van der Waals surface area contributed by atoms with Crippen LogP contribution < -0.4 is 10.8 Å². The van der Waals surface area contributed by atoms with Gasteiger partial charge in [0.25, 0.3) is 0 Å². The van der Waals surface area contributed by atoms with Crippen molar-refractivity contribution in [2.75, 3.05) is 11.9 Å². The molecular formula is C25H25BN2O5S. The van der Waals surface area contributed by atoms with E-state index in [-0.39, 0.29) is 30.5 Å². The number of esters is 1. The predicted molar refractivity (Wildman–Crippen MR) is 131 cm³/mol. The predicted octanol–water partition coefficient (Wildman–Crippen LogP) is 3.01. The van der Waals surface area contributed by atoms with E-state index in [0.29, 0.717) is 22.3 Å². The van der Waals surface area contributed by atoms with Gasteiger partial charge in [0, 0.05) is 25.7 Å². The number of hydrogen-bond donors (Lipinski definition) is 1. The number of sulfonamides is 1. The molecule has 0 aliphatic rings. The Morgan fingerprint density at radius 2 is 1.41 bits per heavy atom. The maximum absolute atomic E-state index is 13.5. The van der Waals surface area contributed by atoms with Crippen molar-refractivity contribution < 1.29 is 22.7 Å². The first-order valence-electron chi connectivity index (χ1n) is 10.7. The van der Waals surface area contributed by atoms with Crippen molar-refractivity contribution in [3.8, 4) is 0 Å². The van der Waals surface area contributed by atoms with Crippen LogP contribution >= 0.6 is 0 Å². The van der Waals surface area contributed by atoms with Crippen molar-refractivity contribution in [3.63, 3.8) is 0 Å². The van der Waals surface area contributed by atoms with Crippen LogP contribution in [0.1, 0.15) is 35.3 Å². The maximum Gasteiger partial charge on any atom is 0.338 e. The van der Waals surface area contributed by atoms with E-state index < -0.39 is 16.0 Å². The van der Waals surface area contributed by atoms with Crippen LogP contribution in [-0.4, -0.2) is 39.1 Å². The third-order valence-corrected chi connectivity index (χ3v) is 6.78. The Hall–Kier alpha value is -3.43. The lowest BCUT2D eigenvalue weighted by Crippen LogP contribution is -2.30. The first-order valence-corrected chi connectivity index (χ1v) is 12.1. The summed E-state index contributed by atoms with van der Waals surface area (Å²) in [6.45, 7) is 3.59. The van der Waals surface area contributed by atoms with Gasteiger partial charge in [-0.15, -0.1) is 0 Å². The minimum Gasteiger partial charge on any atom is -0.462 e. The van der Waals surface area contributed by atoms with Crippen LogP contribution in [0.25, 0.3) is 0 Å². The molecule has 7 nitrogen and oxygen atoms in total. The van der Waals surface area contributed by atoms with Crippen molar-refractivity contribution in [2.45, 2.75) is 31.8 Å². The monoisotopic (exact) mass is 476 g/mol. The number of ether oxygens (including phenoxy) is 1. The number of nitrogens with one attached hydrogen (secondary N) is 1. The molecule has 3 aromatic carbocycles. The van der Waals surface area contributed by atoms with Crippen LogP contribution in [0.15, 0.2) is 77.7 Å². The van der Waals surface area contributed by atoms with Gasteiger partial charge in [-0.2, -0.15) is 4.31 Å². The Labute approximate surface area is 201 Å². The van der Waals surface area contributed by atoms with Crippen LogP contribution in [0, 0.1) is 0 Å². The number of rotatable bonds is 9. The minimum absolute atomic E-state index is 0.0866. The van der Waals surface area contributed by atoms with Gasteiger partial charge in [-0.1, -0.05) is 41.9 Å². The molecule has 2 radical (unpaired) electrons. The first-order chi connectivity index (χ1) is 16.2. The zero-order chi connectivity index (χ0) is 24.7. The first kappa shape index (κ1) is 25.2. The van der Waals surface area contributed by atoms with Crippen LogP contribution in [0.3, 0.4) is 0 Å². The van der Waals surface area contributed by atoms with Gasteiger partial charge in [0.15, 0.2) is 0 Å². The van der Waals surface area contributed by atoms with Gasteiger partial charge < -0.3 is 10.1 Å². The highest BCUT2D eigenvalue weighted by atomic mass is 32.2. The fourth-order valence-corrected chi connectivity index (χ4v) is 4.70. The van der Waals surface area contributed by atoms with E-state index in [9.17, 15) is 18.0 Å². The van der Waals surface area contributed by atoms with Crippen molar-refractivity contribution in [1.82, 2.24) is 4.31 Å². The molecule has 0 atom stereocenters. The van der Waals surface area contributed by atoms with Gasteiger partial charge in [-0.25, -0.2) is 13.2 Å². The van der Waals surface area contributed by atoms with Crippen LogP contribution in [0.5, 0.6) is 0 Å². The Morgan fingerprint density at radius 1 is 0.882 bits per heavy atom. The van der Waals surface area contributed by atoms with Crippen molar-refractivity contribution in [1.29, 1.82) is 0 Å². The highest BCUT2D eigenvalue weighted by Gasteiger charge is 2.25. The summed E-state index contributed by atoms with van der Waals surface area (Å²) in [5, 5.41) is 2.62. The highest BCUT2D eigenvalue weighted by Crippen LogP contribution is 2.23. The maximum atomic E-state index is 13.5. The Bertz CT molecular complexity index is 1240. The summed E-state index contributed by atoms with van der Waals surface area (Å²) >= 11 is 0. The second kappa shape index (κ2) is 11.1. The largest absolute Gasteiger partial charge is 0.462 e. The number of nitrogens with zero attached hydrogens (tertiary/aromatic N) is 1. The molecule has 3 aromatic rings. The molecule has 1 amide bonds. The molecule has 0 aromatic heterocycles. The van der Waals surface area contributed by atoms with Gasteiger partial charge in [0.05, 0.1) is 17.1 Å². The third kappa shape index (κ3) is 6.55. The zero-order valence-electron chi connectivity index (χ0n) is 19.0. The molecule has 0 unspecified atom stereocenters. The summed E-state index contributed by atoms with van der Waals surface area (Å²) in [6.07, 6.45) is 0. The topological polar surface area (TPSA) is 92.8 Å². The molecular weight excluding hydrogens is 451 g/mol. The summed E-state index contributed by atoms with van der Waals surface area (Å²) in [5.74, 6) is -0.675. The van der Waals surface area contributed by atoms with Crippen LogP contribution in [-0.2, 0) is 32.6 Å². The quantitative estimate of drug-likeness (QED) is 0.379. The summed E-state index contributed by atoms with van der Waals surface area (Å²) in [5.41, 5.74) is 2.97. The summed E-state index contributed by atoms with van der Waals surface area (Å²) in [7, 11) is 1.88. The average molecular weight is 476 g/mol. The number of benzene rings is 3. The Kier molecular flexibility index (Phi) is 8.25. The van der Waals surface area contributed by atoms with Crippen LogP contribution in [0.4, 0.5) is 5.69 Å². The van der Waals surface area contributed by atoms with Crippen molar-refractivity contribution in [2.24, 2.45) is 0 Å². The van der Waals surface area contributed by atoms with Gasteiger partial charge in [-0.3, -0.25) is 4.79 Å². The van der Waals surface area contributed by atoms with E-state index in [1.165, 1.54) is 23.4 Å². The normalized spacial score (nSPS) is 11.3. The van der Waals surface area contributed by atoms with Crippen molar-refractivity contribution >= 4 is 40.9 Å². The smallest absolute Gasteiger partial charge is 0.338 e. The van der Waals surface area contributed by atoms with E-state index in [2.05, 4.69) is 5.32 Å². The molecule has 0 bridgehead atoms. The summed E-state index contributed by atoms with van der Waals surface area (Å²) in [4.78, 5) is 23.3. The molecule has 9 heteroatoms. The molecule has 0 aliphatic heterocycles. The second-order valence-corrected chi connectivity index (χ2v) is 9.58. The van der Waals surface area contributed by atoms with Gasteiger partial charge in [0.2, 0.25) is 15.9 Å². The second-order valence-electron chi connectivity index (χ2n) is 7.64. The molecule has 0 aliphatic carbocycles. The number of amides is 1. The van der Waals surface area contributed by atoms with E-state index in [1.807, 2.05) is 0 Å². The molecule has 1 N–H and O–H groups in total. The lowest BCUT2D eigenvalue weighted by molar-refractivity contribution is -0.114. The van der Waals surface area contributed by atoms with E-state index in [0.717, 1.165) is 5.56 Å². The Balaban J connectivity index is 1.90. The molecule has 0 fully saturated rings. The molecule has 3 rings (SSSR count). The number of anilines is 1. The highest BCUT2D eigenvalue weighted by molar-refractivity contribution is 7.89. The Morgan fingerprint density at radius 3 is 1.91 bits per heavy atom. The molecule has 0 heterocycles. The standard InChI is InChI=1S/C25H25BN2O5S/c1-3-33-25(30)21-8-4-19(5-9-21)16-28(17-20-6-10-22(26)11-7-20)34(31,32)24-14-12-23(13-15-24)27-18(2)29/h4-15H,3,16-17H2,1-2H3,(H,27,29). The molecule has 0 spiro atoms. The van der Waals surface area contributed by atoms with Gasteiger partial charge >= 0.3 is 5.97 Å². The SMILES string of the molecule is [B]c1ccc(CN(Cc2ccc(C(=O)OCC)cc2)S(=O)(=O)c2ccc(NC(C)=O)cc2)cc1.